The van der Waals surface area contributed by atoms with E-state index in [1.807, 2.05) is 0 Å². The molecule has 4 amide bonds. The standard InChI is InChI=1S/C33H18Cl3F9N4O5/c1-47(26-14(34)7-8-16(46-26)33(43,44)45)49-27(51)11-6-5-10-13(17(11)28(49)52)9-31(35)29(53)48(24-22(41)20(39)19(38)21(40)23(24)42)30(54)32(31,36)18(10)12-3-2-4-15(37)25(12)50/h2-5,7-8,11,13,17-18,50H,6,9H2,1H3/t11-,13+,17-,18+,31+,32-/m0/s1. The number of imide groups is 2. The van der Waals surface area contributed by atoms with Crippen molar-refractivity contribution in [3.8, 4) is 5.75 Å². The number of allylic oxidation sites excluding steroid dienone is 2. The van der Waals surface area contributed by atoms with Gasteiger partial charge in [0.05, 0.1) is 16.9 Å². The van der Waals surface area contributed by atoms with Crippen molar-refractivity contribution in [3.63, 3.8) is 0 Å². The van der Waals surface area contributed by atoms with E-state index >= 15 is 8.78 Å². The molecule has 2 saturated heterocycles. The number of carbonyl (C=O) groups is 4. The first-order chi connectivity index (χ1) is 25.1. The molecule has 3 fully saturated rings. The first-order valence-corrected chi connectivity index (χ1v) is 16.5. The molecule has 4 aliphatic rings. The van der Waals surface area contributed by atoms with Crippen LogP contribution in [0.15, 0.2) is 42.0 Å². The lowest BCUT2D eigenvalue weighted by molar-refractivity contribution is -0.141. The highest BCUT2D eigenvalue weighted by atomic mass is 35.5. The minimum atomic E-state index is -4.97. The average molecular weight is 828 g/mol. The number of aromatic hydroxyl groups is 1. The van der Waals surface area contributed by atoms with Crippen LogP contribution in [0.25, 0.3) is 0 Å². The van der Waals surface area contributed by atoms with Gasteiger partial charge in [-0.2, -0.15) is 18.2 Å². The molecule has 1 saturated carbocycles. The summed E-state index contributed by atoms with van der Waals surface area (Å²) in [6, 6.07) is 4.23. The van der Waals surface area contributed by atoms with Gasteiger partial charge in [-0.25, -0.2) is 36.2 Å². The molecule has 2 aromatic carbocycles. The Labute approximate surface area is 311 Å². The number of carbonyl (C=O) groups excluding carboxylic acids is 4. The predicted molar refractivity (Wildman–Crippen MR) is 169 cm³/mol. The Kier molecular flexibility index (Phi) is 8.55. The number of para-hydroxylation sites is 1. The summed E-state index contributed by atoms with van der Waals surface area (Å²) in [5, 5.41) is 11.6. The molecule has 0 spiro atoms. The maximum Gasteiger partial charge on any atom is 0.433 e. The number of alkyl halides is 5. The normalized spacial score (nSPS) is 28.0. The molecule has 0 unspecified atom stereocenters. The highest BCUT2D eigenvalue weighted by molar-refractivity contribution is 6.58. The SMILES string of the molecule is CN(c1nc(C(F)(F)F)ccc1Cl)N1C(=O)[C@H]2[C@H](CC=C3[C@H]2C[C@@]2(Cl)C(=O)N(c4c(F)c(F)c(F)c(F)c4F)C(=O)[C@@]2(Cl)[C@H]3c2cccc(F)c2O)C1=O. The maximum atomic E-state index is 15.2. The van der Waals surface area contributed by atoms with Crippen molar-refractivity contribution in [2.24, 2.45) is 17.8 Å². The molecular weight excluding hydrogens is 810 g/mol. The molecule has 1 aromatic heterocycles. The van der Waals surface area contributed by atoms with Crippen LogP contribution in [-0.4, -0.2) is 55.5 Å². The molecule has 0 radical (unpaired) electrons. The smallest absolute Gasteiger partial charge is 0.433 e. The van der Waals surface area contributed by atoms with E-state index < -0.39 is 143 Å². The number of fused-ring (bicyclic) bond motifs is 4. The number of anilines is 2. The summed E-state index contributed by atoms with van der Waals surface area (Å²) in [6.45, 7) is 0. The molecule has 3 aromatic rings. The number of rotatable bonds is 4. The van der Waals surface area contributed by atoms with Crippen LogP contribution in [0.3, 0.4) is 0 Å². The van der Waals surface area contributed by atoms with Gasteiger partial charge in [0.1, 0.15) is 11.4 Å². The van der Waals surface area contributed by atoms with Gasteiger partial charge in [0.15, 0.2) is 50.4 Å². The highest BCUT2D eigenvalue weighted by Crippen LogP contribution is 2.67. The zero-order valence-electron chi connectivity index (χ0n) is 26.6. The van der Waals surface area contributed by atoms with E-state index in [2.05, 4.69) is 4.98 Å². The first-order valence-electron chi connectivity index (χ1n) is 15.4. The van der Waals surface area contributed by atoms with Gasteiger partial charge < -0.3 is 5.11 Å². The van der Waals surface area contributed by atoms with Crippen LogP contribution in [0.5, 0.6) is 5.75 Å². The van der Waals surface area contributed by atoms with Crippen molar-refractivity contribution in [1.29, 1.82) is 0 Å². The average Bonchev–Trinajstić information content (AvgIpc) is 3.45. The van der Waals surface area contributed by atoms with Crippen molar-refractivity contribution >= 4 is 69.9 Å². The second-order valence-corrected chi connectivity index (χ2v) is 14.5. The number of phenols is 1. The summed E-state index contributed by atoms with van der Waals surface area (Å²) in [4.78, 5) is 53.6. The third kappa shape index (κ3) is 4.84. The van der Waals surface area contributed by atoms with Crippen LogP contribution in [0.4, 0.5) is 51.0 Å². The minimum Gasteiger partial charge on any atom is -0.505 e. The predicted octanol–water partition coefficient (Wildman–Crippen LogP) is 6.91. The van der Waals surface area contributed by atoms with Crippen LogP contribution in [0.1, 0.15) is 30.0 Å². The number of hydrogen-bond acceptors (Lipinski definition) is 7. The van der Waals surface area contributed by atoms with E-state index in [9.17, 15) is 55.0 Å². The molecule has 1 N–H and O–H groups in total. The quantitative estimate of drug-likeness (QED) is 0.0761. The van der Waals surface area contributed by atoms with Gasteiger partial charge in [0.25, 0.3) is 23.6 Å². The number of halogens is 12. The van der Waals surface area contributed by atoms with Crippen molar-refractivity contribution in [3.05, 3.63) is 93.2 Å². The van der Waals surface area contributed by atoms with Gasteiger partial charge in [-0.3, -0.25) is 24.2 Å². The number of benzene rings is 2. The van der Waals surface area contributed by atoms with Crippen LogP contribution in [0, 0.1) is 52.7 Å². The summed E-state index contributed by atoms with van der Waals surface area (Å²) in [6.07, 6.45) is -5.00. The minimum absolute atomic E-state index is 0.121. The number of hydrogen-bond donors (Lipinski definition) is 1. The van der Waals surface area contributed by atoms with Crippen LogP contribution >= 0.6 is 34.8 Å². The topological polar surface area (TPSA) is 111 Å². The van der Waals surface area contributed by atoms with Crippen LogP contribution < -0.4 is 9.91 Å². The Morgan fingerprint density at radius 3 is 2.09 bits per heavy atom. The second-order valence-electron chi connectivity index (χ2n) is 12.9. The fraction of sp³-hybridized carbons (Fsp3) is 0.303. The second kappa shape index (κ2) is 12.2. The Bertz CT molecular complexity index is 2250. The summed E-state index contributed by atoms with van der Waals surface area (Å²) in [7, 11) is 1.01. The van der Waals surface area contributed by atoms with Gasteiger partial charge >= 0.3 is 6.18 Å². The lowest BCUT2D eigenvalue weighted by Crippen LogP contribution is -2.60. The lowest BCUT2D eigenvalue weighted by Gasteiger charge is -2.50. The van der Waals surface area contributed by atoms with Crippen LogP contribution in [0.2, 0.25) is 5.02 Å². The molecule has 2 aliphatic carbocycles. The monoisotopic (exact) mass is 826 g/mol. The van der Waals surface area contributed by atoms with Crippen molar-refractivity contribution in [2.75, 3.05) is 17.0 Å². The number of amides is 4. The fourth-order valence-electron chi connectivity index (χ4n) is 7.87. The Morgan fingerprint density at radius 1 is 0.870 bits per heavy atom. The molecule has 6 atom stereocenters. The van der Waals surface area contributed by atoms with E-state index in [4.69, 9.17) is 34.8 Å². The van der Waals surface area contributed by atoms with Crippen molar-refractivity contribution in [1.82, 2.24) is 9.99 Å². The first kappa shape index (κ1) is 37.8. The number of aromatic nitrogens is 1. The summed E-state index contributed by atoms with van der Waals surface area (Å²) in [5.74, 6) is -28.3. The summed E-state index contributed by atoms with van der Waals surface area (Å²) >= 11 is 20.0. The molecule has 2 aliphatic heterocycles. The Hall–Kier alpha value is -4.55. The fourth-order valence-corrected chi connectivity index (χ4v) is 9.02. The van der Waals surface area contributed by atoms with E-state index in [0.29, 0.717) is 16.1 Å². The van der Waals surface area contributed by atoms with Crippen molar-refractivity contribution < 1.29 is 63.8 Å². The zero-order valence-corrected chi connectivity index (χ0v) is 28.9. The van der Waals surface area contributed by atoms with Gasteiger partial charge in [-0.15, -0.1) is 23.2 Å². The van der Waals surface area contributed by atoms with Gasteiger partial charge in [0, 0.05) is 18.5 Å². The zero-order chi connectivity index (χ0) is 39.7. The van der Waals surface area contributed by atoms with E-state index in [-0.39, 0.29) is 12.0 Å². The largest absolute Gasteiger partial charge is 0.505 e. The van der Waals surface area contributed by atoms with E-state index in [0.717, 1.165) is 31.3 Å². The number of phenolic OH excluding ortho intramolecular Hbond substituents is 1. The molecule has 21 heteroatoms. The molecule has 7 rings (SSSR count). The molecule has 0 bridgehead atoms. The van der Waals surface area contributed by atoms with Gasteiger partial charge in [0.2, 0.25) is 5.82 Å². The molecule has 9 nitrogen and oxygen atoms in total. The van der Waals surface area contributed by atoms with Crippen molar-refractivity contribution in [2.45, 2.75) is 34.7 Å². The molecule has 284 valence electrons. The Morgan fingerprint density at radius 2 is 1.48 bits per heavy atom. The third-order valence-electron chi connectivity index (χ3n) is 10.3. The molecule has 3 heterocycles. The summed E-state index contributed by atoms with van der Waals surface area (Å²) < 4.78 is 129. The van der Waals surface area contributed by atoms with Gasteiger partial charge in [-0.05, 0) is 37.0 Å². The third-order valence-corrected chi connectivity index (χ3v) is 12.0. The van der Waals surface area contributed by atoms with E-state index in [1.54, 1.807) is 0 Å². The number of hydrazine groups is 1. The Balaban J connectivity index is 1.39. The van der Waals surface area contributed by atoms with Gasteiger partial charge in [-0.1, -0.05) is 35.4 Å². The summed E-state index contributed by atoms with van der Waals surface area (Å²) in [5.41, 5.74) is -4.15. The number of pyridine rings is 1. The van der Waals surface area contributed by atoms with E-state index in [1.165, 1.54) is 6.08 Å². The lowest BCUT2D eigenvalue weighted by atomic mass is 9.56. The molecular formula is C33H18Cl3F9N4O5. The highest BCUT2D eigenvalue weighted by Gasteiger charge is 2.77. The van der Waals surface area contributed by atoms with Crippen LogP contribution in [-0.2, 0) is 25.4 Å². The number of nitrogens with zero attached hydrogens (tertiary/aromatic N) is 4. The maximum absolute atomic E-state index is 15.2. The molecule has 54 heavy (non-hydrogen) atoms.